The molecule has 0 saturated heterocycles. The third-order valence-electron chi connectivity index (χ3n) is 7.70. The molecule has 3 nitrogen and oxygen atoms in total. The fourth-order valence-corrected chi connectivity index (χ4v) is 5.62. The highest BCUT2D eigenvalue weighted by Crippen LogP contribution is 2.57. The van der Waals surface area contributed by atoms with Crippen LogP contribution in [-0.4, -0.2) is 15.2 Å². The Labute approximate surface area is 191 Å². The van der Waals surface area contributed by atoms with Crippen molar-refractivity contribution < 1.29 is 0 Å². The molecule has 2 atom stereocenters. The van der Waals surface area contributed by atoms with E-state index in [9.17, 15) is 0 Å². The SMILES string of the molecule is CC(C)(C)c1cc(C2CC2c2c[nH]c3c(C(C)(C)C)cc(C4CC4)cc23)cc2cn[nH]c12. The van der Waals surface area contributed by atoms with Crippen LogP contribution in [0.4, 0.5) is 0 Å². The van der Waals surface area contributed by atoms with Crippen molar-refractivity contribution in [3.05, 3.63) is 64.5 Å². The van der Waals surface area contributed by atoms with Crippen molar-refractivity contribution >= 4 is 21.8 Å². The summed E-state index contributed by atoms with van der Waals surface area (Å²) in [5, 5.41) is 10.3. The van der Waals surface area contributed by atoms with Gasteiger partial charge < -0.3 is 4.98 Å². The first-order valence-corrected chi connectivity index (χ1v) is 12.2. The molecule has 2 aliphatic carbocycles. The van der Waals surface area contributed by atoms with Crippen molar-refractivity contribution in [1.82, 2.24) is 15.2 Å². The summed E-state index contributed by atoms with van der Waals surface area (Å²) in [4.78, 5) is 3.69. The van der Waals surface area contributed by atoms with Crippen molar-refractivity contribution in [2.45, 2.75) is 89.4 Å². The second kappa shape index (κ2) is 6.50. The minimum Gasteiger partial charge on any atom is -0.361 e. The van der Waals surface area contributed by atoms with E-state index in [1.165, 1.54) is 63.3 Å². The van der Waals surface area contributed by atoms with Crippen molar-refractivity contribution in [3.63, 3.8) is 0 Å². The molecule has 2 aliphatic rings. The molecular formula is C29H35N3. The molecule has 0 radical (unpaired) electrons. The summed E-state index contributed by atoms with van der Waals surface area (Å²) in [6.07, 6.45) is 8.22. The molecule has 2 aromatic heterocycles. The summed E-state index contributed by atoms with van der Waals surface area (Å²) in [6, 6.07) is 9.79. The van der Waals surface area contributed by atoms with Gasteiger partial charge in [0, 0.05) is 22.5 Å². The number of H-pyrrole nitrogens is 2. The highest BCUT2D eigenvalue weighted by molar-refractivity contribution is 5.89. The largest absolute Gasteiger partial charge is 0.361 e. The zero-order valence-electron chi connectivity index (χ0n) is 20.3. The summed E-state index contributed by atoms with van der Waals surface area (Å²) in [6.45, 7) is 13.9. The van der Waals surface area contributed by atoms with Gasteiger partial charge in [-0.25, -0.2) is 0 Å². The van der Waals surface area contributed by atoms with Gasteiger partial charge in [-0.15, -0.1) is 0 Å². The average Bonchev–Trinajstić information content (AvgIpc) is 3.62. The number of hydrogen-bond donors (Lipinski definition) is 2. The maximum atomic E-state index is 4.34. The van der Waals surface area contributed by atoms with Crippen LogP contribution in [0.5, 0.6) is 0 Å². The van der Waals surface area contributed by atoms with E-state index in [4.69, 9.17) is 0 Å². The summed E-state index contributed by atoms with van der Waals surface area (Å²) in [7, 11) is 0. The van der Waals surface area contributed by atoms with Crippen LogP contribution >= 0.6 is 0 Å². The van der Waals surface area contributed by atoms with Crippen LogP contribution in [0.15, 0.2) is 36.7 Å². The number of aromatic nitrogens is 3. The molecule has 0 bridgehead atoms. The standard InChI is InChI=1S/C29H35N3/c1-28(2,3)24-12-18(9-19-14-31-32-26(19)24)20-13-21(20)23-15-30-27-22(23)10-17(16-7-8-16)11-25(27)29(4,5)6/h9-12,14-16,20-21,30H,7-8,13H2,1-6H3,(H,31,32). The van der Waals surface area contributed by atoms with Crippen LogP contribution in [0, 0.1) is 0 Å². The number of rotatable bonds is 3. The van der Waals surface area contributed by atoms with E-state index in [2.05, 4.69) is 87.2 Å². The molecule has 0 amide bonds. The minimum atomic E-state index is 0.0900. The van der Waals surface area contributed by atoms with Gasteiger partial charge in [0.05, 0.1) is 11.7 Å². The van der Waals surface area contributed by atoms with E-state index in [1.807, 2.05) is 6.20 Å². The van der Waals surface area contributed by atoms with Gasteiger partial charge in [-0.05, 0) is 87.8 Å². The van der Waals surface area contributed by atoms with Crippen molar-refractivity contribution in [3.8, 4) is 0 Å². The van der Waals surface area contributed by atoms with E-state index < -0.39 is 0 Å². The summed E-state index contributed by atoms with van der Waals surface area (Å²) in [5.41, 5.74) is 10.1. The lowest BCUT2D eigenvalue weighted by Crippen LogP contribution is -2.12. The Morgan fingerprint density at radius 1 is 0.812 bits per heavy atom. The lowest BCUT2D eigenvalue weighted by molar-refractivity contribution is 0.593. The molecule has 2 unspecified atom stereocenters. The molecule has 4 aromatic rings. The highest BCUT2D eigenvalue weighted by atomic mass is 15.1. The topological polar surface area (TPSA) is 44.5 Å². The molecule has 32 heavy (non-hydrogen) atoms. The third-order valence-corrected chi connectivity index (χ3v) is 7.70. The Bertz CT molecular complexity index is 1330. The lowest BCUT2D eigenvalue weighted by Gasteiger charge is -2.21. The molecule has 2 N–H and O–H groups in total. The maximum absolute atomic E-state index is 4.34. The number of hydrogen-bond acceptors (Lipinski definition) is 1. The molecular weight excluding hydrogens is 390 g/mol. The van der Waals surface area contributed by atoms with Gasteiger partial charge in [0.15, 0.2) is 0 Å². The van der Waals surface area contributed by atoms with Gasteiger partial charge >= 0.3 is 0 Å². The molecule has 2 heterocycles. The highest BCUT2D eigenvalue weighted by Gasteiger charge is 2.42. The number of aromatic amines is 2. The number of benzene rings is 2. The maximum Gasteiger partial charge on any atom is 0.0687 e. The van der Waals surface area contributed by atoms with Crippen LogP contribution in [0.1, 0.15) is 106 Å². The first-order valence-electron chi connectivity index (χ1n) is 12.2. The molecule has 0 aliphatic heterocycles. The van der Waals surface area contributed by atoms with Gasteiger partial charge in [0.1, 0.15) is 0 Å². The lowest BCUT2D eigenvalue weighted by atomic mass is 9.83. The Kier molecular flexibility index (Phi) is 4.08. The smallest absolute Gasteiger partial charge is 0.0687 e. The predicted octanol–water partition coefficient (Wildman–Crippen LogP) is 7.79. The zero-order valence-corrected chi connectivity index (χ0v) is 20.3. The van der Waals surface area contributed by atoms with Crippen LogP contribution in [0.25, 0.3) is 21.8 Å². The molecule has 2 saturated carbocycles. The normalized spacial score (nSPS) is 21.6. The van der Waals surface area contributed by atoms with Crippen LogP contribution in [0.3, 0.4) is 0 Å². The van der Waals surface area contributed by atoms with E-state index in [0.717, 1.165) is 5.92 Å². The van der Waals surface area contributed by atoms with Gasteiger partial charge in [0.25, 0.3) is 0 Å². The summed E-state index contributed by atoms with van der Waals surface area (Å²) >= 11 is 0. The number of nitrogens with zero attached hydrogens (tertiary/aromatic N) is 1. The number of nitrogens with one attached hydrogen (secondary N) is 2. The van der Waals surface area contributed by atoms with Gasteiger partial charge in [0.2, 0.25) is 0 Å². The first-order chi connectivity index (χ1) is 15.1. The van der Waals surface area contributed by atoms with Crippen LogP contribution < -0.4 is 0 Å². The van der Waals surface area contributed by atoms with Crippen molar-refractivity contribution in [2.24, 2.45) is 0 Å². The Morgan fingerprint density at radius 3 is 2.19 bits per heavy atom. The molecule has 2 aromatic carbocycles. The Balaban J connectivity index is 1.43. The average molecular weight is 426 g/mol. The van der Waals surface area contributed by atoms with E-state index in [0.29, 0.717) is 11.8 Å². The van der Waals surface area contributed by atoms with Gasteiger partial charge in [-0.3, -0.25) is 5.10 Å². The van der Waals surface area contributed by atoms with E-state index in [-0.39, 0.29) is 10.8 Å². The molecule has 3 heteroatoms. The molecule has 2 fully saturated rings. The molecule has 0 spiro atoms. The fourth-order valence-electron chi connectivity index (χ4n) is 5.62. The second-order valence-corrected chi connectivity index (χ2v) is 12.4. The predicted molar refractivity (Wildman–Crippen MR) is 134 cm³/mol. The first kappa shape index (κ1) is 20.1. The Hall–Kier alpha value is -2.55. The van der Waals surface area contributed by atoms with Crippen molar-refractivity contribution in [1.29, 1.82) is 0 Å². The zero-order chi connectivity index (χ0) is 22.4. The molecule has 6 rings (SSSR count). The van der Waals surface area contributed by atoms with Crippen molar-refractivity contribution in [2.75, 3.05) is 0 Å². The molecule has 166 valence electrons. The summed E-state index contributed by atoms with van der Waals surface area (Å²) < 4.78 is 0. The quantitative estimate of drug-likeness (QED) is 0.346. The van der Waals surface area contributed by atoms with Crippen LogP contribution in [-0.2, 0) is 10.8 Å². The number of fused-ring (bicyclic) bond motifs is 2. The van der Waals surface area contributed by atoms with Gasteiger partial charge in [-0.1, -0.05) is 53.7 Å². The van der Waals surface area contributed by atoms with E-state index in [1.54, 1.807) is 5.56 Å². The Morgan fingerprint density at radius 2 is 1.50 bits per heavy atom. The fraction of sp³-hybridized carbons (Fsp3) is 0.483. The summed E-state index contributed by atoms with van der Waals surface area (Å²) in [5.74, 6) is 1.97. The third kappa shape index (κ3) is 3.20. The monoisotopic (exact) mass is 425 g/mol. The minimum absolute atomic E-state index is 0.0900. The second-order valence-electron chi connectivity index (χ2n) is 12.4. The van der Waals surface area contributed by atoms with Crippen LogP contribution in [0.2, 0.25) is 0 Å². The van der Waals surface area contributed by atoms with Gasteiger partial charge in [-0.2, -0.15) is 5.10 Å². The van der Waals surface area contributed by atoms with E-state index >= 15 is 0 Å².